The molecule has 1 rings (SSSR count). The number of hydrogen-bond donors (Lipinski definition) is 2. The molecule has 0 fully saturated rings. The van der Waals surface area contributed by atoms with Crippen molar-refractivity contribution in [3.05, 3.63) is 23.9 Å². The Morgan fingerprint density at radius 3 is 2.72 bits per heavy atom. The molecule has 0 aliphatic carbocycles. The third kappa shape index (κ3) is 4.33. The first kappa shape index (κ1) is 14.4. The predicted octanol–water partition coefficient (Wildman–Crippen LogP) is 1.18. The Balaban J connectivity index is 2.53. The van der Waals surface area contributed by atoms with Gasteiger partial charge < -0.3 is 16.0 Å². The van der Waals surface area contributed by atoms with Crippen LogP contribution in [-0.2, 0) is 0 Å². The highest BCUT2D eigenvalue weighted by Crippen LogP contribution is 2.08. The van der Waals surface area contributed by atoms with Crippen molar-refractivity contribution in [1.82, 2.24) is 9.88 Å². The van der Waals surface area contributed by atoms with E-state index in [0.717, 1.165) is 18.8 Å². The van der Waals surface area contributed by atoms with E-state index in [1.165, 1.54) is 4.90 Å². The molecule has 1 amide bonds. The van der Waals surface area contributed by atoms with Crippen LogP contribution < -0.4 is 11.1 Å². The van der Waals surface area contributed by atoms with Crippen LogP contribution >= 0.6 is 0 Å². The molecule has 1 unspecified atom stereocenters. The molecule has 0 radical (unpaired) electrons. The maximum Gasteiger partial charge on any atom is 0.254 e. The minimum absolute atomic E-state index is 0.0365. The largest absolute Gasteiger partial charge is 0.370 e. The molecule has 1 heterocycles. The smallest absolute Gasteiger partial charge is 0.254 e. The van der Waals surface area contributed by atoms with E-state index in [1.54, 1.807) is 26.4 Å². The Hall–Kier alpha value is -1.62. The Kier molecular flexibility index (Phi) is 5.58. The van der Waals surface area contributed by atoms with Crippen LogP contribution in [-0.4, -0.2) is 43.0 Å². The molecular formula is C13H22N4O. The van der Waals surface area contributed by atoms with Crippen molar-refractivity contribution in [3.63, 3.8) is 0 Å². The molecule has 0 aromatic carbocycles. The van der Waals surface area contributed by atoms with Crippen LogP contribution in [0.25, 0.3) is 0 Å². The average Bonchev–Trinajstić information content (AvgIpc) is 2.36. The number of amides is 1. The van der Waals surface area contributed by atoms with Gasteiger partial charge in [0.2, 0.25) is 0 Å². The molecule has 0 aliphatic heterocycles. The molecule has 0 saturated carbocycles. The number of nitrogens with one attached hydrogen (secondary N) is 1. The molecule has 5 heteroatoms. The molecule has 1 aromatic rings. The van der Waals surface area contributed by atoms with Crippen molar-refractivity contribution in [3.8, 4) is 0 Å². The fourth-order valence-corrected chi connectivity index (χ4v) is 1.55. The van der Waals surface area contributed by atoms with Crippen molar-refractivity contribution in [1.29, 1.82) is 0 Å². The Bertz CT molecular complexity index is 375. The van der Waals surface area contributed by atoms with Gasteiger partial charge in [0, 0.05) is 26.8 Å². The van der Waals surface area contributed by atoms with Gasteiger partial charge in [0.05, 0.1) is 5.56 Å². The summed E-state index contributed by atoms with van der Waals surface area (Å²) in [5, 5.41) is 3.23. The number of aromatic nitrogens is 1. The van der Waals surface area contributed by atoms with Crippen LogP contribution in [0.15, 0.2) is 18.3 Å². The number of nitrogens with two attached hydrogens (primary N) is 1. The lowest BCUT2D eigenvalue weighted by atomic mass is 10.1. The van der Waals surface area contributed by atoms with Crippen LogP contribution in [0.4, 0.5) is 5.82 Å². The number of hydrogen-bond acceptors (Lipinski definition) is 4. The summed E-state index contributed by atoms with van der Waals surface area (Å²) in [6.45, 7) is 3.68. The number of anilines is 1. The lowest BCUT2D eigenvalue weighted by Gasteiger charge is -2.13. The topological polar surface area (TPSA) is 71.2 Å². The average molecular weight is 250 g/mol. The first-order chi connectivity index (χ1) is 8.54. The number of nitrogens with zero attached hydrogens (tertiary/aromatic N) is 2. The monoisotopic (exact) mass is 250 g/mol. The fourth-order valence-electron chi connectivity index (χ4n) is 1.55. The maximum absolute atomic E-state index is 11.7. The van der Waals surface area contributed by atoms with Crippen LogP contribution in [0.1, 0.15) is 23.7 Å². The second-order valence-corrected chi connectivity index (χ2v) is 4.70. The van der Waals surface area contributed by atoms with E-state index >= 15 is 0 Å². The van der Waals surface area contributed by atoms with E-state index in [4.69, 9.17) is 5.73 Å². The van der Waals surface area contributed by atoms with Crippen molar-refractivity contribution in [2.45, 2.75) is 13.3 Å². The van der Waals surface area contributed by atoms with Crippen molar-refractivity contribution >= 4 is 11.7 Å². The third-order valence-corrected chi connectivity index (χ3v) is 2.71. The van der Waals surface area contributed by atoms with Gasteiger partial charge in [-0.3, -0.25) is 4.79 Å². The molecule has 100 valence electrons. The molecule has 0 bridgehead atoms. The van der Waals surface area contributed by atoms with Crippen LogP contribution in [0, 0.1) is 5.92 Å². The summed E-state index contributed by atoms with van der Waals surface area (Å²) < 4.78 is 0. The van der Waals surface area contributed by atoms with Crippen molar-refractivity contribution in [2.75, 3.05) is 32.5 Å². The summed E-state index contributed by atoms with van der Waals surface area (Å²) in [5.74, 6) is 1.26. The Morgan fingerprint density at radius 2 is 2.22 bits per heavy atom. The molecule has 0 spiro atoms. The molecular weight excluding hydrogens is 228 g/mol. The van der Waals surface area contributed by atoms with Gasteiger partial charge in [-0.25, -0.2) is 4.98 Å². The highest BCUT2D eigenvalue weighted by molar-refractivity contribution is 5.93. The van der Waals surface area contributed by atoms with Crippen LogP contribution in [0.2, 0.25) is 0 Å². The first-order valence-electron chi connectivity index (χ1n) is 6.16. The standard InChI is InChI=1S/C13H22N4O/c1-10(6-7-14)8-15-12-5-4-11(9-16-12)13(18)17(2)3/h4-5,9-10H,6-8,14H2,1-3H3,(H,15,16). The summed E-state index contributed by atoms with van der Waals surface area (Å²) in [7, 11) is 3.45. The molecule has 1 atom stereocenters. The zero-order valence-electron chi connectivity index (χ0n) is 11.3. The molecule has 3 N–H and O–H groups in total. The maximum atomic E-state index is 11.7. The lowest BCUT2D eigenvalue weighted by molar-refractivity contribution is 0.0827. The van der Waals surface area contributed by atoms with Crippen molar-refractivity contribution < 1.29 is 4.79 Å². The summed E-state index contributed by atoms with van der Waals surface area (Å²) >= 11 is 0. The van der Waals surface area contributed by atoms with Gasteiger partial charge in [-0.15, -0.1) is 0 Å². The molecule has 1 aromatic heterocycles. The number of carbonyl (C=O) groups is 1. The minimum atomic E-state index is -0.0365. The summed E-state index contributed by atoms with van der Waals surface area (Å²) in [4.78, 5) is 17.4. The molecule has 0 saturated heterocycles. The summed E-state index contributed by atoms with van der Waals surface area (Å²) in [6.07, 6.45) is 2.59. The van der Waals surface area contributed by atoms with Gasteiger partial charge in [-0.2, -0.15) is 0 Å². The zero-order valence-corrected chi connectivity index (χ0v) is 11.3. The second kappa shape index (κ2) is 6.96. The predicted molar refractivity (Wildman–Crippen MR) is 73.6 cm³/mol. The van der Waals surface area contributed by atoms with Gasteiger partial charge in [0.25, 0.3) is 5.91 Å². The first-order valence-corrected chi connectivity index (χ1v) is 6.16. The van der Waals surface area contributed by atoms with E-state index in [2.05, 4.69) is 17.2 Å². The minimum Gasteiger partial charge on any atom is -0.370 e. The van der Waals surface area contributed by atoms with E-state index < -0.39 is 0 Å². The third-order valence-electron chi connectivity index (χ3n) is 2.71. The zero-order chi connectivity index (χ0) is 13.5. The Morgan fingerprint density at radius 1 is 1.50 bits per heavy atom. The highest BCUT2D eigenvalue weighted by Gasteiger charge is 2.08. The SMILES string of the molecule is CC(CCN)CNc1ccc(C(=O)N(C)C)cn1. The summed E-state index contributed by atoms with van der Waals surface area (Å²) in [6, 6.07) is 3.61. The number of carbonyl (C=O) groups excluding carboxylic acids is 1. The van der Waals surface area contributed by atoms with Crippen LogP contribution in [0.3, 0.4) is 0 Å². The number of pyridine rings is 1. The number of rotatable bonds is 6. The van der Waals surface area contributed by atoms with Gasteiger partial charge >= 0.3 is 0 Å². The van der Waals surface area contributed by atoms with Gasteiger partial charge in [0.15, 0.2) is 0 Å². The molecule has 0 aliphatic rings. The highest BCUT2D eigenvalue weighted by atomic mass is 16.2. The molecule has 18 heavy (non-hydrogen) atoms. The normalized spacial score (nSPS) is 12.0. The van der Waals surface area contributed by atoms with E-state index in [9.17, 15) is 4.79 Å². The van der Waals surface area contributed by atoms with E-state index in [-0.39, 0.29) is 5.91 Å². The lowest BCUT2D eigenvalue weighted by Crippen LogP contribution is -2.22. The summed E-state index contributed by atoms with van der Waals surface area (Å²) in [5.41, 5.74) is 6.09. The van der Waals surface area contributed by atoms with E-state index in [0.29, 0.717) is 18.0 Å². The second-order valence-electron chi connectivity index (χ2n) is 4.70. The van der Waals surface area contributed by atoms with Crippen molar-refractivity contribution in [2.24, 2.45) is 11.7 Å². The Labute approximate surface area is 108 Å². The van der Waals surface area contributed by atoms with Gasteiger partial charge in [-0.1, -0.05) is 6.92 Å². The molecule has 5 nitrogen and oxygen atoms in total. The van der Waals surface area contributed by atoms with E-state index in [1.807, 2.05) is 6.07 Å². The van der Waals surface area contributed by atoms with Gasteiger partial charge in [-0.05, 0) is 31.0 Å². The quantitative estimate of drug-likeness (QED) is 0.795. The van der Waals surface area contributed by atoms with Gasteiger partial charge in [0.1, 0.15) is 5.82 Å². The van der Waals surface area contributed by atoms with Crippen LogP contribution in [0.5, 0.6) is 0 Å². The fraction of sp³-hybridized carbons (Fsp3) is 0.538.